The smallest absolute Gasteiger partial charge is 0.268 e. The van der Waals surface area contributed by atoms with Gasteiger partial charge >= 0.3 is 0 Å². The first-order chi connectivity index (χ1) is 34.4. The molecule has 0 aliphatic rings. The topological polar surface area (TPSA) is 128 Å². The Labute approximate surface area is 439 Å². The van der Waals surface area contributed by atoms with Crippen LogP contribution < -0.4 is 10.2 Å². The molecule has 0 saturated carbocycles. The van der Waals surface area contributed by atoms with Crippen LogP contribution in [0.3, 0.4) is 0 Å². The maximum atomic E-state index is 13.0. The van der Waals surface area contributed by atoms with Crippen molar-refractivity contribution < 1.29 is 38.0 Å². The molecule has 3 N–H and O–H groups in total. The zero-order valence-corrected chi connectivity index (χ0v) is 47.9. The molecule has 0 aromatic rings. The fraction of sp³-hybridized carbons (Fsp3) is 0.820. The molecule has 0 aliphatic carbocycles. The van der Waals surface area contributed by atoms with Crippen molar-refractivity contribution in [3.8, 4) is 0 Å². The lowest BCUT2D eigenvalue weighted by Crippen LogP contribution is -2.51. The summed E-state index contributed by atoms with van der Waals surface area (Å²) in [5.74, 6) is -0.293. The van der Waals surface area contributed by atoms with Gasteiger partial charge in [-0.05, 0) is 90.4 Å². The third kappa shape index (κ3) is 52.8. The average Bonchev–Trinajstić information content (AvgIpc) is 3.33. The van der Waals surface area contributed by atoms with Crippen LogP contribution in [0.15, 0.2) is 60.8 Å². The van der Waals surface area contributed by atoms with Gasteiger partial charge in [0.2, 0.25) is 5.91 Å². The normalized spacial score (nSPS) is 14.8. The minimum atomic E-state index is -4.68. The van der Waals surface area contributed by atoms with Crippen molar-refractivity contribution in [2.75, 3.05) is 40.9 Å². The molecule has 0 aromatic heterocycles. The maximum absolute atomic E-state index is 13.0. The lowest BCUT2D eigenvalue weighted by Gasteiger charge is -2.31. The molecule has 0 saturated heterocycles. The van der Waals surface area contributed by atoms with Gasteiger partial charge in [-0.3, -0.25) is 9.36 Å². The molecular formula is C61H115N2O7P. The minimum Gasteiger partial charge on any atom is -0.756 e. The average molecular weight is 1020 g/mol. The molecule has 1 amide bonds. The zero-order valence-electron chi connectivity index (χ0n) is 47.0. The number of amides is 1. The van der Waals surface area contributed by atoms with E-state index in [0.717, 1.165) is 57.8 Å². The lowest BCUT2D eigenvalue weighted by atomic mass is 10.0. The van der Waals surface area contributed by atoms with Gasteiger partial charge in [0.25, 0.3) is 7.82 Å². The highest BCUT2D eigenvalue weighted by Crippen LogP contribution is 2.38. The summed E-state index contributed by atoms with van der Waals surface area (Å²) < 4.78 is 23.2. The first-order valence-electron chi connectivity index (χ1n) is 29.7. The Hall–Kier alpha value is -1.84. The van der Waals surface area contributed by atoms with E-state index in [0.29, 0.717) is 30.3 Å². The van der Waals surface area contributed by atoms with Crippen LogP contribution in [0.4, 0.5) is 0 Å². The third-order valence-corrected chi connectivity index (χ3v) is 14.3. The number of nitrogens with zero attached hydrogens (tertiary/aromatic N) is 1. The van der Waals surface area contributed by atoms with E-state index in [4.69, 9.17) is 9.05 Å². The van der Waals surface area contributed by atoms with Gasteiger partial charge in [0.15, 0.2) is 0 Å². The number of likely N-dealkylation sites (N-methyl/N-ethyl adjacent to an activating group) is 1. The first kappa shape index (κ1) is 69.2. The largest absolute Gasteiger partial charge is 0.756 e. The highest BCUT2D eigenvalue weighted by Gasteiger charge is 2.29. The summed E-state index contributed by atoms with van der Waals surface area (Å²) in [5.41, 5.74) is 0. The summed E-state index contributed by atoms with van der Waals surface area (Å²) >= 11 is 0. The number of phosphoric acid groups is 1. The van der Waals surface area contributed by atoms with Crippen LogP contribution in [-0.4, -0.2) is 79.8 Å². The summed E-state index contributed by atoms with van der Waals surface area (Å²) in [6.45, 7) is 4.20. The zero-order chi connectivity index (χ0) is 52.2. The van der Waals surface area contributed by atoms with Crippen molar-refractivity contribution in [3.63, 3.8) is 0 Å². The van der Waals surface area contributed by atoms with Gasteiger partial charge in [0, 0.05) is 6.42 Å². The maximum Gasteiger partial charge on any atom is 0.268 e. The summed E-state index contributed by atoms with van der Waals surface area (Å²) in [5, 5.41) is 24.7. The fourth-order valence-corrected chi connectivity index (χ4v) is 9.40. The second kappa shape index (κ2) is 51.6. The number of phosphoric ester groups is 1. The van der Waals surface area contributed by atoms with Gasteiger partial charge in [0.1, 0.15) is 19.3 Å². The van der Waals surface area contributed by atoms with Crippen LogP contribution >= 0.6 is 7.82 Å². The molecule has 0 aromatic carbocycles. The van der Waals surface area contributed by atoms with Gasteiger partial charge in [-0.15, -0.1) is 0 Å². The summed E-state index contributed by atoms with van der Waals surface area (Å²) in [6.07, 6.45) is 66.2. The number of hydrogen-bond donors (Lipinski definition) is 3. The molecule has 9 nitrogen and oxygen atoms in total. The standard InChI is InChI=1S/C61H115N2O7P/c1-6-8-10-12-14-16-18-20-21-22-23-24-25-26-27-28-29-30-31-32-33-34-35-36-37-38-39-40-41-42-44-46-48-50-52-54-60(65)62-58(57-70-71(67,68)69-56-55-63(3,4)5)61(66)59(64)53-51-49-47-45-43-19-17-15-13-11-9-7-2/h7,9,15,17-18,20,22-23,45,47,58-59,61,64,66H,6,8,10-14,16,19,21,24-44,46,48-57H2,1-5H3,(H-,62,65,67,68)/b9-7+,17-15+,20-18-,23-22-,47-45+. The number of quaternary nitrogens is 1. The molecular weight excluding hydrogens is 904 g/mol. The van der Waals surface area contributed by atoms with Crippen molar-refractivity contribution in [1.29, 1.82) is 0 Å². The van der Waals surface area contributed by atoms with E-state index in [1.807, 2.05) is 28.1 Å². The quantitative estimate of drug-likeness (QED) is 0.0240. The summed E-state index contributed by atoms with van der Waals surface area (Å²) in [4.78, 5) is 25.5. The SMILES string of the molecule is C/C=C/CC/C=C/CC/C=C/CCCC(O)C(O)C(COP(=O)([O-])OCC[N+](C)(C)C)NC(=O)CCCCCCCCCCCCCCCCCCCCCCCCC/C=C\C/C=C\CCCCCCC. The fourth-order valence-electron chi connectivity index (χ4n) is 8.68. The predicted octanol–water partition coefficient (Wildman–Crippen LogP) is 16.4. The summed E-state index contributed by atoms with van der Waals surface area (Å²) in [7, 11) is 1.10. The molecule has 416 valence electrons. The number of rotatable bonds is 54. The van der Waals surface area contributed by atoms with Crippen LogP contribution in [0, 0.1) is 0 Å². The molecule has 10 heteroatoms. The van der Waals surface area contributed by atoms with Gasteiger partial charge in [0.05, 0.1) is 39.9 Å². The highest BCUT2D eigenvalue weighted by molar-refractivity contribution is 7.45. The van der Waals surface area contributed by atoms with Gasteiger partial charge in [-0.2, -0.15) is 0 Å². The van der Waals surface area contributed by atoms with Crippen LogP contribution in [-0.2, 0) is 18.4 Å². The highest BCUT2D eigenvalue weighted by atomic mass is 31.2. The third-order valence-electron chi connectivity index (χ3n) is 13.4. The van der Waals surface area contributed by atoms with Crippen molar-refractivity contribution in [1.82, 2.24) is 5.32 Å². The number of aliphatic hydroxyl groups is 2. The molecule has 0 fully saturated rings. The number of allylic oxidation sites excluding steroid dienone is 10. The second-order valence-electron chi connectivity index (χ2n) is 21.5. The number of nitrogens with one attached hydrogen (secondary N) is 1. The van der Waals surface area contributed by atoms with E-state index in [1.165, 1.54) is 167 Å². The second-order valence-corrected chi connectivity index (χ2v) is 22.9. The molecule has 4 atom stereocenters. The molecule has 0 aliphatic heterocycles. The molecule has 4 unspecified atom stereocenters. The van der Waals surface area contributed by atoms with E-state index in [1.54, 1.807) is 0 Å². The monoisotopic (exact) mass is 1020 g/mol. The molecule has 0 rings (SSSR count). The van der Waals surface area contributed by atoms with E-state index in [9.17, 15) is 24.5 Å². The predicted molar refractivity (Wildman–Crippen MR) is 303 cm³/mol. The number of carbonyl (C=O) groups excluding carboxylic acids is 1. The van der Waals surface area contributed by atoms with Gasteiger partial charge < -0.3 is 34.0 Å². The van der Waals surface area contributed by atoms with E-state index in [-0.39, 0.29) is 18.9 Å². The van der Waals surface area contributed by atoms with Gasteiger partial charge in [-0.25, -0.2) is 0 Å². The molecule has 0 spiro atoms. The Morgan fingerprint density at radius 3 is 1.35 bits per heavy atom. The molecule has 0 radical (unpaired) electrons. The molecule has 0 heterocycles. The minimum absolute atomic E-state index is 0.0506. The van der Waals surface area contributed by atoms with E-state index >= 15 is 0 Å². The van der Waals surface area contributed by atoms with Gasteiger partial charge in [-0.1, -0.05) is 228 Å². The number of aliphatic hydroxyl groups excluding tert-OH is 2. The number of carbonyl (C=O) groups is 1. The first-order valence-corrected chi connectivity index (χ1v) is 31.1. The molecule has 71 heavy (non-hydrogen) atoms. The van der Waals surface area contributed by atoms with Crippen LogP contribution in [0.5, 0.6) is 0 Å². The van der Waals surface area contributed by atoms with Crippen LogP contribution in [0.1, 0.15) is 264 Å². The number of unbranched alkanes of at least 4 members (excludes halogenated alkanes) is 31. The van der Waals surface area contributed by atoms with Crippen LogP contribution in [0.25, 0.3) is 0 Å². The Kier molecular flexibility index (Phi) is 50.3. The Morgan fingerprint density at radius 1 is 0.535 bits per heavy atom. The Bertz CT molecular complexity index is 1360. The Balaban J connectivity index is 4.03. The van der Waals surface area contributed by atoms with E-state index < -0.39 is 32.7 Å². The lowest BCUT2D eigenvalue weighted by molar-refractivity contribution is -0.870. The molecule has 0 bridgehead atoms. The Morgan fingerprint density at radius 2 is 0.915 bits per heavy atom. The van der Waals surface area contributed by atoms with Crippen LogP contribution in [0.2, 0.25) is 0 Å². The van der Waals surface area contributed by atoms with Crippen molar-refractivity contribution in [3.05, 3.63) is 60.8 Å². The number of hydrogen-bond acceptors (Lipinski definition) is 7. The summed E-state index contributed by atoms with van der Waals surface area (Å²) in [6, 6.07) is -1.10. The van der Waals surface area contributed by atoms with Crippen molar-refractivity contribution in [2.24, 2.45) is 0 Å². The van der Waals surface area contributed by atoms with E-state index in [2.05, 4.69) is 73.0 Å². The van der Waals surface area contributed by atoms with Crippen molar-refractivity contribution >= 4 is 13.7 Å². The van der Waals surface area contributed by atoms with Crippen molar-refractivity contribution in [2.45, 2.75) is 283 Å².